The van der Waals surface area contributed by atoms with Crippen LogP contribution in [0.15, 0.2) is 48.5 Å². The van der Waals surface area contributed by atoms with Gasteiger partial charge in [0.25, 0.3) is 5.91 Å². The number of carbonyl (C=O) groups excluding carboxylic acids is 1. The summed E-state index contributed by atoms with van der Waals surface area (Å²) in [5.41, 5.74) is 1.22. The maximum Gasteiger partial charge on any atom is 0.257 e. The SMILES string of the molecule is CCCCOc1ccccc1NC(=S)NC(=O)c1ccc(OC(C)C)cc1. The van der Waals surface area contributed by atoms with Crippen molar-refractivity contribution < 1.29 is 14.3 Å². The van der Waals surface area contributed by atoms with Crippen molar-refractivity contribution in [1.29, 1.82) is 0 Å². The minimum absolute atomic E-state index is 0.0843. The van der Waals surface area contributed by atoms with Crippen LogP contribution < -0.4 is 20.1 Å². The fraction of sp³-hybridized carbons (Fsp3) is 0.333. The topological polar surface area (TPSA) is 59.6 Å². The van der Waals surface area contributed by atoms with Crippen LogP contribution in [0.4, 0.5) is 5.69 Å². The zero-order valence-electron chi connectivity index (χ0n) is 16.0. The van der Waals surface area contributed by atoms with Crippen molar-refractivity contribution in [2.24, 2.45) is 0 Å². The van der Waals surface area contributed by atoms with E-state index in [-0.39, 0.29) is 17.1 Å². The highest BCUT2D eigenvalue weighted by Crippen LogP contribution is 2.24. The molecule has 2 aromatic rings. The summed E-state index contributed by atoms with van der Waals surface area (Å²) in [6, 6.07) is 14.5. The van der Waals surface area contributed by atoms with E-state index in [1.807, 2.05) is 38.1 Å². The number of rotatable bonds is 8. The van der Waals surface area contributed by atoms with Crippen LogP contribution in [-0.4, -0.2) is 23.7 Å². The number of nitrogens with one attached hydrogen (secondary N) is 2. The Hall–Kier alpha value is -2.60. The summed E-state index contributed by atoms with van der Waals surface area (Å²) in [4.78, 5) is 12.4. The molecule has 0 saturated carbocycles. The summed E-state index contributed by atoms with van der Waals surface area (Å²) in [5, 5.41) is 5.93. The molecule has 6 heteroatoms. The van der Waals surface area contributed by atoms with Gasteiger partial charge in [0.15, 0.2) is 5.11 Å². The lowest BCUT2D eigenvalue weighted by molar-refractivity contribution is 0.0977. The van der Waals surface area contributed by atoms with Crippen LogP contribution in [-0.2, 0) is 0 Å². The number of unbranched alkanes of at least 4 members (excludes halogenated alkanes) is 1. The van der Waals surface area contributed by atoms with Crippen LogP contribution in [0, 0.1) is 0 Å². The number of hydrogen-bond acceptors (Lipinski definition) is 4. The third-order valence-corrected chi connectivity index (χ3v) is 3.81. The van der Waals surface area contributed by atoms with E-state index in [1.165, 1.54) is 0 Å². The molecule has 0 aliphatic rings. The molecule has 1 amide bonds. The highest BCUT2D eigenvalue weighted by Gasteiger charge is 2.10. The molecule has 0 saturated heterocycles. The van der Waals surface area contributed by atoms with Gasteiger partial charge in [0, 0.05) is 5.56 Å². The minimum Gasteiger partial charge on any atom is -0.491 e. The molecule has 0 aromatic heterocycles. The molecular formula is C21H26N2O3S. The van der Waals surface area contributed by atoms with Crippen molar-refractivity contribution >= 4 is 28.9 Å². The Labute approximate surface area is 166 Å². The Morgan fingerprint density at radius 1 is 1.11 bits per heavy atom. The molecule has 27 heavy (non-hydrogen) atoms. The second-order valence-electron chi connectivity index (χ2n) is 6.30. The first kappa shape index (κ1) is 20.7. The van der Waals surface area contributed by atoms with Gasteiger partial charge < -0.3 is 14.8 Å². The summed E-state index contributed by atoms with van der Waals surface area (Å²) in [6.07, 6.45) is 2.12. The molecule has 0 atom stereocenters. The average molecular weight is 387 g/mol. The Bertz CT molecular complexity index is 760. The predicted octanol–water partition coefficient (Wildman–Crippen LogP) is 4.78. The van der Waals surface area contributed by atoms with Gasteiger partial charge in [-0.3, -0.25) is 10.1 Å². The summed E-state index contributed by atoms with van der Waals surface area (Å²) in [7, 11) is 0. The standard InChI is InChI=1S/C21H26N2O3S/c1-4-5-14-25-19-9-7-6-8-18(19)22-21(27)23-20(24)16-10-12-17(13-11-16)26-15(2)3/h6-13,15H,4-5,14H2,1-3H3,(H2,22,23,24,27). The molecule has 2 N–H and O–H groups in total. The number of hydrogen-bond donors (Lipinski definition) is 2. The largest absolute Gasteiger partial charge is 0.491 e. The molecule has 0 fully saturated rings. The molecule has 144 valence electrons. The summed E-state index contributed by atoms with van der Waals surface area (Å²) >= 11 is 5.27. The van der Waals surface area contributed by atoms with Gasteiger partial charge in [-0.2, -0.15) is 0 Å². The molecule has 0 spiro atoms. The van der Waals surface area contributed by atoms with Gasteiger partial charge in [0.2, 0.25) is 0 Å². The van der Waals surface area contributed by atoms with E-state index in [4.69, 9.17) is 21.7 Å². The molecule has 2 rings (SSSR count). The third kappa shape index (κ3) is 6.90. The lowest BCUT2D eigenvalue weighted by Crippen LogP contribution is -2.34. The Morgan fingerprint density at radius 2 is 1.81 bits per heavy atom. The predicted molar refractivity (Wildman–Crippen MR) is 113 cm³/mol. The summed E-state index contributed by atoms with van der Waals surface area (Å²) in [6.45, 7) is 6.65. The molecule has 0 aliphatic carbocycles. The maximum atomic E-state index is 12.4. The quantitative estimate of drug-likeness (QED) is 0.505. The highest BCUT2D eigenvalue weighted by molar-refractivity contribution is 7.80. The van der Waals surface area contributed by atoms with E-state index in [1.54, 1.807) is 24.3 Å². The molecule has 5 nitrogen and oxygen atoms in total. The van der Waals surface area contributed by atoms with E-state index in [9.17, 15) is 4.79 Å². The zero-order chi connectivity index (χ0) is 19.6. The van der Waals surface area contributed by atoms with Crippen LogP contribution in [0.2, 0.25) is 0 Å². The van der Waals surface area contributed by atoms with Gasteiger partial charge in [0.1, 0.15) is 11.5 Å². The molecule has 0 unspecified atom stereocenters. The molecule has 2 aromatic carbocycles. The number of anilines is 1. The fourth-order valence-corrected chi connectivity index (χ4v) is 2.51. The lowest BCUT2D eigenvalue weighted by atomic mass is 10.2. The number of ether oxygens (including phenoxy) is 2. The maximum absolute atomic E-state index is 12.4. The third-order valence-electron chi connectivity index (χ3n) is 3.61. The van der Waals surface area contributed by atoms with Crippen molar-refractivity contribution in [3.8, 4) is 11.5 Å². The number of thiocarbonyl (C=S) groups is 1. The molecule has 0 aliphatic heterocycles. The highest BCUT2D eigenvalue weighted by atomic mass is 32.1. The molecule has 0 heterocycles. The Morgan fingerprint density at radius 3 is 2.48 bits per heavy atom. The number of para-hydroxylation sites is 2. The van der Waals surface area contributed by atoms with Crippen molar-refractivity contribution in [3.63, 3.8) is 0 Å². The number of amides is 1. The Balaban J connectivity index is 1.94. The normalized spacial score (nSPS) is 10.4. The lowest BCUT2D eigenvalue weighted by Gasteiger charge is -2.14. The van der Waals surface area contributed by atoms with E-state index in [0.717, 1.165) is 24.3 Å². The van der Waals surface area contributed by atoms with Crippen LogP contribution >= 0.6 is 12.2 Å². The zero-order valence-corrected chi connectivity index (χ0v) is 16.8. The van der Waals surface area contributed by atoms with Crippen molar-refractivity contribution in [1.82, 2.24) is 5.32 Å². The van der Waals surface area contributed by atoms with Crippen molar-refractivity contribution in [2.75, 3.05) is 11.9 Å². The van der Waals surface area contributed by atoms with Gasteiger partial charge in [-0.15, -0.1) is 0 Å². The molecule has 0 bridgehead atoms. The number of benzene rings is 2. The van der Waals surface area contributed by atoms with Crippen LogP contribution in [0.5, 0.6) is 11.5 Å². The first-order chi connectivity index (χ1) is 13.0. The van der Waals surface area contributed by atoms with Crippen molar-refractivity contribution in [3.05, 3.63) is 54.1 Å². The average Bonchev–Trinajstić information content (AvgIpc) is 2.63. The first-order valence-corrected chi connectivity index (χ1v) is 9.51. The second kappa shape index (κ2) is 10.5. The monoisotopic (exact) mass is 386 g/mol. The summed E-state index contributed by atoms with van der Waals surface area (Å²) < 4.78 is 11.3. The van der Waals surface area contributed by atoms with Crippen LogP contribution in [0.1, 0.15) is 44.0 Å². The smallest absolute Gasteiger partial charge is 0.257 e. The number of carbonyl (C=O) groups is 1. The van der Waals surface area contributed by atoms with Crippen LogP contribution in [0.25, 0.3) is 0 Å². The van der Waals surface area contributed by atoms with Gasteiger partial charge in [0.05, 0.1) is 18.4 Å². The fourth-order valence-electron chi connectivity index (χ4n) is 2.31. The minimum atomic E-state index is -0.284. The Kier molecular flexibility index (Phi) is 8.07. The van der Waals surface area contributed by atoms with E-state index in [0.29, 0.717) is 17.9 Å². The molecule has 0 radical (unpaired) electrons. The van der Waals surface area contributed by atoms with Gasteiger partial charge >= 0.3 is 0 Å². The van der Waals surface area contributed by atoms with Crippen LogP contribution in [0.3, 0.4) is 0 Å². The molecular weight excluding hydrogens is 360 g/mol. The van der Waals surface area contributed by atoms with Gasteiger partial charge in [-0.1, -0.05) is 25.5 Å². The summed E-state index contributed by atoms with van der Waals surface area (Å²) in [5.74, 6) is 1.14. The van der Waals surface area contributed by atoms with E-state index >= 15 is 0 Å². The first-order valence-electron chi connectivity index (χ1n) is 9.10. The van der Waals surface area contributed by atoms with Gasteiger partial charge in [-0.25, -0.2) is 0 Å². The van der Waals surface area contributed by atoms with E-state index in [2.05, 4.69) is 17.6 Å². The second-order valence-corrected chi connectivity index (χ2v) is 6.71. The van der Waals surface area contributed by atoms with Gasteiger partial charge in [-0.05, 0) is 68.9 Å². The van der Waals surface area contributed by atoms with Crippen molar-refractivity contribution in [2.45, 2.75) is 39.7 Å². The van der Waals surface area contributed by atoms with E-state index < -0.39 is 0 Å².